The zero-order valence-electron chi connectivity index (χ0n) is 15.4. The lowest BCUT2D eigenvalue weighted by Crippen LogP contribution is -2.35. The van der Waals surface area contributed by atoms with Crippen LogP contribution in [-0.4, -0.2) is 24.4 Å². The minimum atomic E-state index is -0.474. The van der Waals surface area contributed by atoms with Crippen LogP contribution in [0.25, 0.3) is 0 Å². The Morgan fingerprint density at radius 1 is 0.923 bits per heavy atom. The van der Waals surface area contributed by atoms with Crippen LogP contribution in [-0.2, 0) is 17.6 Å². The second-order valence-corrected chi connectivity index (χ2v) is 7.62. The molecule has 2 aliphatic rings. The molecule has 2 aromatic carbocycles. The molecule has 2 N–H and O–H groups in total. The van der Waals surface area contributed by atoms with Crippen molar-refractivity contribution < 1.29 is 9.84 Å². The summed E-state index contributed by atoms with van der Waals surface area (Å²) in [5, 5.41) is 14.0. The van der Waals surface area contributed by atoms with Gasteiger partial charge in [0.1, 0.15) is 0 Å². The van der Waals surface area contributed by atoms with Crippen LogP contribution in [0.1, 0.15) is 60.1 Å². The number of benzene rings is 2. The molecule has 3 atom stereocenters. The van der Waals surface area contributed by atoms with E-state index < -0.39 is 6.10 Å². The van der Waals surface area contributed by atoms with Gasteiger partial charge in [0.2, 0.25) is 0 Å². The molecular weight excluding hydrogens is 322 g/mol. The third-order valence-electron chi connectivity index (χ3n) is 5.77. The van der Waals surface area contributed by atoms with Crippen molar-refractivity contribution in [1.82, 2.24) is 5.32 Å². The van der Waals surface area contributed by atoms with Crippen LogP contribution in [0, 0.1) is 0 Å². The van der Waals surface area contributed by atoms with E-state index in [1.807, 2.05) is 0 Å². The number of aliphatic hydroxyl groups excluding tert-OH is 1. The summed E-state index contributed by atoms with van der Waals surface area (Å²) >= 11 is 0. The van der Waals surface area contributed by atoms with E-state index >= 15 is 0 Å². The lowest BCUT2D eigenvalue weighted by atomic mass is 9.88. The highest BCUT2D eigenvalue weighted by atomic mass is 16.5. The molecule has 0 amide bonds. The second-order valence-electron chi connectivity index (χ2n) is 7.62. The fourth-order valence-corrected chi connectivity index (χ4v) is 4.41. The van der Waals surface area contributed by atoms with Crippen molar-refractivity contribution >= 4 is 0 Å². The number of hydrogen-bond donors (Lipinski definition) is 2. The maximum absolute atomic E-state index is 10.4. The van der Waals surface area contributed by atoms with Gasteiger partial charge in [0.15, 0.2) is 0 Å². The average molecular weight is 351 g/mol. The van der Waals surface area contributed by atoms with E-state index in [4.69, 9.17) is 4.74 Å². The number of ether oxygens (including phenoxy) is 1. The van der Waals surface area contributed by atoms with E-state index in [0.717, 1.165) is 25.7 Å². The fourth-order valence-electron chi connectivity index (χ4n) is 4.41. The van der Waals surface area contributed by atoms with Crippen molar-refractivity contribution in [2.45, 2.75) is 56.8 Å². The molecule has 3 heteroatoms. The number of aryl methyl sites for hydroxylation is 2. The topological polar surface area (TPSA) is 41.5 Å². The molecule has 0 saturated carbocycles. The number of nitrogens with one attached hydrogen (secondary N) is 1. The van der Waals surface area contributed by atoms with Crippen LogP contribution >= 0.6 is 0 Å². The quantitative estimate of drug-likeness (QED) is 0.823. The van der Waals surface area contributed by atoms with E-state index in [9.17, 15) is 5.11 Å². The number of rotatable bonds is 6. The highest BCUT2D eigenvalue weighted by molar-refractivity contribution is 5.32. The average Bonchev–Trinajstić information content (AvgIpc) is 2.70. The van der Waals surface area contributed by atoms with Gasteiger partial charge < -0.3 is 15.2 Å². The van der Waals surface area contributed by atoms with Gasteiger partial charge in [-0.25, -0.2) is 0 Å². The molecule has 4 rings (SSSR count). The van der Waals surface area contributed by atoms with Crippen LogP contribution in [0.2, 0.25) is 0 Å². The van der Waals surface area contributed by atoms with Crippen molar-refractivity contribution in [2.24, 2.45) is 0 Å². The number of aliphatic hydroxyl groups is 1. The highest BCUT2D eigenvalue weighted by Gasteiger charge is 2.23. The summed E-state index contributed by atoms with van der Waals surface area (Å²) in [4.78, 5) is 0. The Morgan fingerprint density at radius 2 is 1.58 bits per heavy atom. The maximum Gasteiger partial charge on any atom is 0.0898 e. The molecule has 0 spiro atoms. The minimum Gasteiger partial charge on any atom is -0.389 e. The van der Waals surface area contributed by atoms with Crippen LogP contribution in [0.5, 0.6) is 0 Å². The lowest BCUT2D eigenvalue weighted by molar-refractivity contribution is -0.0175. The molecule has 2 aliphatic carbocycles. The second kappa shape index (κ2) is 8.34. The maximum atomic E-state index is 10.4. The molecular formula is C23H29NO2. The number of fused-ring (bicyclic) bond motifs is 2. The predicted molar refractivity (Wildman–Crippen MR) is 104 cm³/mol. The van der Waals surface area contributed by atoms with Gasteiger partial charge in [-0.15, -0.1) is 0 Å². The summed E-state index contributed by atoms with van der Waals surface area (Å²) in [5.74, 6) is 0. The fraction of sp³-hybridized carbons (Fsp3) is 0.478. The SMILES string of the molecule is O[C@H](CN[C@H]1CCCc2ccccc21)CO[C@@H]1CCCc2ccccc21. The molecule has 3 nitrogen and oxygen atoms in total. The van der Waals surface area contributed by atoms with E-state index in [2.05, 4.69) is 53.8 Å². The van der Waals surface area contributed by atoms with E-state index in [1.165, 1.54) is 35.1 Å². The molecule has 0 unspecified atom stereocenters. The monoisotopic (exact) mass is 351 g/mol. The van der Waals surface area contributed by atoms with Crippen molar-refractivity contribution in [3.05, 3.63) is 70.8 Å². The Hall–Kier alpha value is -1.68. The van der Waals surface area contributed by atoms with Gasteiger partial charge in [-0.05, 0) is 60.8 Å². The van der Waals surface area contributed by atoms with Gasteiger partial charge in [0, 0.05) is 12.6 Å². The third kappa shape index (κ3) is 4.01. The summed E-state index contributed by atoms with van der Waals surface area (Å²) in [5.41, 5.74) is 5.55. The van der Waals surface area contributed by atoms with Crippen LogP contribution in [0.3, 0.4) is 0 Å². The summed E-state index contributed by atoms with van der Waals surface area (Å²) in [6, 6.07) is 17.6. The van der Waals surface area contributed by atoms with Gasteiger partial charge in [0.05, 0.1) is 18.8 Å². The van der Waals surface area contributed by atoms with Crippen LogP contribution < -0.4 is 5.32 Å². The van der Waals surface area contributed by atoms with Gasteiger partial charge >= 0.3 is 0 Å². The highest BCUT2D eigenvalue weighted by Crippen LogP contribution is 2.32. The summed E-state index contributed by atoms with van der Waals surface area (Å²) in [6.07, 6.45) is 6.52. The first kappa shape index (κ1) is 17.7. The van der Waals surface area contributed by atoms with Gasteiger partial charge in [-0.3, -0.25) is 0 Å². The molecule has 0 heterocycles. The van der Waals surface area contributed by atoms with E-state index in [0.29, 0.717) is 19.2 Å². The molecule has 0 aliphatic heterocycles. The number of hydrogen-bond acceptors (Lipinski definition) is 3. The molecule has 0 bridgehead atoms. The first-order valence-corrected chi connectivity index (χ1v) is 10.00. The standard InChI is InChI=1S/C23H29NO2/c25-19(15-24-22-13-5-9-17-7-1-3-11-20(17)22)16-26-23-14-6-10-18-8-2-4-12-21(18)23/h1-4,7-8,11-12,19,22-25H,5-6,9-10,13-16H2/t19-,22+,23-/m1/s1. The summed E-state index contributed by atoms with van der Waals surface area (Å²) in [7, 11) is 0. The Labute approximate surface area is 156 Å². The molecule has 0 saturated heterocycles. The van der Waals surface area contributed by atoms with Gasteiger partial charge in [-0.2, -0.15) is 0 Å². The molecule has 26 heavy (non-hydrogen) atoms. The van der Waals surface area contributed by atoms with Crippen LogP contribution in [0.15, 0.2) is 48.5 Å². The van der Waals surface area contributed by atoms with Crippen molar-refractivity contribution in [3.63, 3.8) is 0 Å². The zero-order chi connectivity index (χ0) is 17.8. The first-order valence-electron chi connectivity index (χ1n) is 10.00. The Morgan fingerprint density at radius 3 is 2.38 bits per heavy atom. The Bertz CT molecular complexity index is 668. The predicted octanol–water partition coefficient (Wildman–Crippen LogP) is 4.11. The largest absolute Gasteiger partial charge is 0.389 e. The van der Waals surface area contributed by atoms with Crippen LogP contribution in [0.4, 0.5) is 0 Å². The van der Waals surface area contributed by atoms with Gasteiger partial charge in [-0.1, -0.05) is 48.5 Å². The molecule has 138 valence electrons. The Kier molecular flexibility index (Phi) is 5.68. The molecule has 0 aromatic heterocycles. The Balaban J connectivity index is 1.29. The van der Waals surface area contributed by atoms with E-state index in [-0.39, 0.29) is 6.10 Å². The first-order chi connectivity index (χ1) is 12.8. The molecule has 2 aromatic rings. The normalized spacial score (nSPS) is 23.1. The smallest absolute Gasteiger partial charge is 0.0898 e. The third-order valence-corrected chi connectivity index (χ3v) is 5.77. The van der Waals surface area contributed by atoms with E-state index in [1.54, 1.807) is 0 Å². The summed E-state index contributed by atoms with van der Waals surface area (Å²) < 4.78 is 6.09. The van der Waals surface area contributed by atoms with Gasteiger partial charge in [0.25, 0.3) is 0 Å². The molecule has 0 fully saturated rings. The minimum absolute atomic E-state index is 0.130. The van der Waals surface area contributed by atoms with Crippen molar-refractivity contribution in [3.8, 4) is 0 Å². The van der Waals surface area contributed by atoms with Crippen molar-refractivity contribution in [1.29, 1.82) is 0 Å². The van der Waals surface area contributed by atoms with Crippen molar-refractivity contribution in [2.75, 3.05) is 13.2 Å². The summed E-state index contributed by atoms with van der Waals surface area (Å²) in [6.45, 7) is 0.966. The lowest BCUT2D eigenvalue weighted by Gasteiger charge is -2.29. The molecule has 0 radical (unpaired) electrons. The zero-order valence-corrected chi connectivity index (χ0v) is 15.4.